The lowest BCUT2D eigenvalue weighted by atomic mass is 10.0. The van der Waals surface area contributed by atoms with Crippen molar-refractivity contribution in [3.05, 3.63) is 54.5 Å². The summed E-state index contributed by atoms with van der Waals surface area (Å²) in [7, 11) is 0. The Bertz CT molecular complexity index is 1160. The van der Waals surface area contributed by atoms with E-state index in [9.17, 15) is 0 Å². The van der Waals surface area contributed by atoms with E-state index < -0.39 is 0 Å². The third-order valence-electron chi connectivity index (χ3n) is 4.68. The number of hydrogen-bond acceptors (Lipinski definition) is 6. The highest BCUT2D eigenvalue weighted by molar-refractivity contribution is 7.22. The Hall–Kier alpha value is -2.83. The van der Waals surface area contributed by atoms with E-state index in [2.05, 4.69) is 51.7 Å². The number of nitrogens with zero attached hydrogens (tertiary/aromatic N) is 3. The van der Waals surface area contributed by atoms with E-state index >= 15 is 0 Å². The van der Waals surface area contributed by atoms with E-state index in [4.69, 9.17) is 10.7 Å². The molecule has 0 aliphatic carbocycles. The van der Waals surface area contributed by atoms with Gasteiger partial charge in [-0.05, 0) is 36.2 Å². The minimum atomic E-state index is 0.593. The van der Waals surface area contributed by atoms with E-state index in [1.54, 1.807) is 0 Å². The van der Waals surface area contributed by atoms with Crippen LogP contribution in [0.5, 0.6) is 0 Å². The Labute approximate surface area is 154 Å². The molecular formula is C20H17N5S. The molecular weight excluding hydrogens is 342 g/mol. The molecule has 3 N–H and O–H groups in total. The molecule has 26 heavy (non-hydrogen) atoms. The molecule has 0 bridgehead atoms. The van der Waals surface area contributed by atoms with Crippen molar-refractivity contribution < 1.29 is 0 Å². The van der Waals surface area contributed by atoms with Gasteiger partial charge in [0, 0.05) is 23.7 Å². The number of aromatic nitrogens is 3. The maximum Gasteiger partial charge on any atom is 0.181 e. The number of para-hydroxylation sites is 1. The van der Waals surface area contributed by atoms with E-state index in [1.807, 2.05) is 12.3 Å². The van der Waals surface area contributed by atoms with Gasteiger partial charge in [0.1, 0.15) is 0 Å². The number of thiazole rings is 1. The summed E-state index contributed by atoms with van der Waals surface area (Å²) in [6.45, 7) is 1.85. The van der Waals surface area contributed by atoms with Crippen molar-refractivity contribution in [1.82, 2.24) is 20.3 Å². The van der Waals surface area contributed by atoms with Crippen LogP contribution in [0.15, 0.2) is 48.7 Å². The first-order valence-corrected chi connectivity index (χ1v) is 9.42. The molecule has 5 nitrogen and oxygen atoms in total. The molecule has 5 rings (SSSR count). The number of fused-ring (bicyclic) bond motifs is 2. The highest BCUT2D eigenvalue weighted by atomic mass is 32.1. The zero-order chi connectivity index (χ0) is 17.5. The van der Waals surface area contributed by atoms with E-state index in [-0.39, 0.29) is 0 Å². The van der Waals surface area contributed by atoms with Crippen LogP contribution in [-0.2, 0) is 0 Å². The van der Waals surface area contributed by atoms with Gasteiger partial charge in [0.05, 0.1) is 15.7 Å². The molecule has 0 fully saturated rings. The van der Waals surface area contributed by atoms with Crippen LogP contribution in [0.25, 0.3) is 37.8 Å². The fraction of sp³-hybridized carbons (Fsp3) is 0.150. The highest BCUT2D eigenvalue weighted by Gasteiger charge is 2.12. The Balaban J connectivity index is 1.65. The molecule has 0 amide bonds. The molecule has 0 saturated heterocycles. The molecule has 2 aromatic carbocycles. The van der Waals surface area contributed by atoms with Crippen molar-refractivity contribution >= 4 is 43.2 Å². The van der Waals surface area contributed by atoms with Gasteiger partial charge in [-0.1, -0.05) is 41.7 Å². The molecule has 1 aliphatic rings. The molecule has 4 aromatic rings. The third-order valence-corrected chi connectivity index (χ3v) is 5.53. The number of rotatable bonds is 2. The summed E-state index contributed by atoms with van der Waals surface area (Å²) in [4.78, 5) is 13.9. The summed E-state index contributed by atoms with van der Waals surface area (Å²) in [6, 6.07) is 12.5. The van der Waals surface area contributed by atoms with Crippen molar-refractivity contribution in [3.8, 4) is 11.1 Å². The van der Waals surface area contributed by atoms with Gasteiger partial charge >= 0.3 is 0 Å². The molecule has 2 aromatic heterocycles. The maximum absolute atomic E-state index is 5.91. The van der Waals surface area contributed by atoms with E-state index in [1.165, 1.54) is 16.9 Å². The standard InChI is InChI=1S/C20H17N5S/c21-20-25-18-15(2-1-3-17(18)26-20)13-4-5-14-11-23-19(24-16(14)10-13)12-6-8-22-9-7-12/h1-6,10-11,22H,7-9H2,(H2,21,25). The Morgan fingerprint density at radius 3 is 2.96 bits per heavy atom. The van der Waals surface area contributed by atoms with E-state index in [0.717, 1.165) is 57.6 Å². The second kappa shape index (κ2) is 6.16. The van der Waals surface area contributed by atoms with Gasteiger partial charge in [0.25, 0.3) is 0 Å². The summed E-state index contributed by atoms with van der Waals surface area (Å²) < 4.78 is 1.10. The van der Waals surface area contributed by atoms with Gasteiger partial charge in [-0.15, -0.1) is 0 Å². The van der Waals surface area contributed by atoms with Gasteiger partial charge < -0.3 is 11.1 Å². The van der Waals surface area contributed by atoms with Crippen LogP contribution in [0.1, 0.15) is 12.2 Å². The van der Waals surface area contributed by atoms with Crippen LogP contribution in [-0.4, -0.2) is 28.0 Å². The highest BCUT2D eigenvalue weighted by Crippen LogP contribution is 2.33. The predicted molar refractivity (Wildman–Crippen MR) is 108 cm³/mol. The Morgan fingerprint density at radius 1 is 1.12 bits per heavy atom. The lowest BCUT2D eigenvalue weighted by Gasteiger charge is -2.13. The van der Waals surface area contributed by atoms with Crippen LogP contribution in [0.2, 0.25) is 0 Å². The average molecular weight is 359 g/mol. The summed E-state index contributed by atoms with van der Waals surface area (Å²) in [5.74, 6) is 0.826. The summed E-state index contributed by atoms with van der Waals surface area (Å²) in [5, 5.41) is 4.96. The summed E-state index contributed by atoms with van der Waals surface area (Å²) in [5.41, 5.74) is 11.2. The second-order valence-electron chi connectivity index (χ2n) is 6.36. The monoisotopic (exact) mass is 359 g/mol. The van der Waals surface area contributed by atoms with Gasteiger partial charge in [-0.25, -0.2) is 15.0 Å². The smallest absolute Gasteiger partial charge is 0.181 e. The first kappa shape index (κ1) is 15.4. The molecule has 0 unspecified atom stereocenters. The van der Waals surface area contributed by atoms with Gasteiger partial charge in [0.2, 0.25) is 0 Å². The van der Waals surface area contributed by atoms with E-state index in [0.29, 0.717) is 5.13 Å². The normalized spacial score (nSPS) is 14.7. The number of anilines is 1. The molecule has 0 spiro atoms. The van der Waals surface area contributed by atoms with Crippen molar-refractivity contribution in [2.24, 2.45) is 0 Å². The number of nitrogens with one attached hydrogen (secondary N) is 1. The molecule has 0 atom stereocenters. The first-order valence-electron chi connectivity index (χ1n) is 8.60. The summed E-state index contributed by atoms with van der Waals surface area (Å²) >= 11 is 1.51. The largest absolute Gasteiger partial charge is 0.375 e. The van der Waals surface area contributed by atoms with Crippen LogP contribution in [0, 0.1) is 0 Å². The minimum absolute atomic E-state index is 0.593. The third kappa shape index (κ3) is 2.64. The number of nitrogens with two attached hydrogens (primary N) is 1. The molecule has 3 heterocycles. The molecule has 0 radical (unpaired) electrons. The van der Waals surface area contributed by atoms with Crippen LogP contribution < -0.4 is 11.1 Å². The van der Waals surface area contributed by atoms with Gasteiger partial charge in [0.15, 0.2) is 11.0 Å². The second-order valence-corrected chi connectivity index (χ2v) is 7.42. The SMILES string of the molecule is Nc1nc2c(-c3ccc4cnc(C5=CCNCC5)nc4c3)cccc2s1. The first-order chi connectivity index (χ1) is 12.8. The topological polar surface area (TPSA) is 76.7 Å². The maximum atomic E-state index is 5.91. The Morgan fingerprint density at radius 2 is 2.08 bits per heavy atom. The molecule has 1 aliphatic heterocycles. The van der Waals surface area contributed by atoms with Crippen molar-refractivity contribution in [1.29, 1.82) is 0 Å². The average Bonchev–Trinajstić information content (AvgIpc) is 3.08. The molecule has 128 valence electrons. The molecule has 0 saturated carbocycles. The molecule has 6 heteroatoms. The minimum Gasteiger partial charge on any atom is -0.375 e. The number of benzene rings is 2. The van der Waals surface area contributed by atoms with Crippen LogP contribution in [0.4, 0.5) is 5.13 Å². The predicted octanol–water partition coefficient (Wildman–Crippen LogP) is 3.87. The number of nitrogen functional groups attached to an aromatic ring is 1. The lowest BCUT2D eigenvalue weighted by molar-refractivity contribution is 0.734. The fourth-order valence-corrected chi connectivity index (χ4v) is 4.13. The lowest BCUT2D eigenvalue weighted by Crippen LogP contribution is -2.20. The van der Waals surface area contributed by atoms with Gasteiger partial charge in [-0.2, -0.15) is 0 Å². The van der Waals surface area contributed by atoms with Crippen molar-refractivity contribution in [2.75, 3.05) is 18.8 Å². The van der Waals surface area contributed by atoms with Crippen molar-refractivity contribution in [3.63, 3.8) is 0 Å². The summed E-state index contributed by atoms with van der Waals surface area (Å²) in [6.07, 6.45) is 5.04. The number of hydrogen-bond donors (Lipinski definition) is 2. The van der Waals surface area contributed by atoms with Crippen molar-refractivity contribution in [2.45, 2.75) is 6.42 Å². The Kier molecular flexibility index (Phi) is 3.65. The zero-order valence-corrected chi connectivity index (χ0v) is 14.9. The quantitative estimate of drug-likeness (QED) is 0.568. The van der Waals surface area contributed by atoms with Crippen LogP contribution >= 0.6 is 11.3 Å². The van der Waals surface area contributed by atoms with Gasteiger partial charge in [-0.3, -0.25) is 0 Å². The van der Waals surface area contributed by atoms with Crippen LogP contribution in [0.3, 0.4) is 0 Å². The zero-order valence-electron chi connectivity index (χ0n) is 14.1. The fourth-order valence-electron chi connectivity index (χ4n) is 3.37.